The number of aliphatic hydroxyl groups excluding tert-OH is 1. The van der Waals surface area contributed by atoms with Crippen molar-refractivity contribution < 1.29 is 14.6 Å². The Hall–Kier alpha value is -1.39. The molecule has 104 valence electrons. The molecule has 0 spiro atoms. The van der Waals surface area contributed by atoms with Crippen molar-refractivity contribution in [3.8, 4) is 0 Å². The van der Waals surface area contributed by atoms with Crippen LogP contribution in [0.5, 0.6) is 0 Å². The number of likely N-dealkylation sites (tertiary alicyclic amines) is 1. The van der Waals surface area contributed by atoms with Crippen LogP contribution in [0.25, 0.3) is 0 Å². The van der Waals surface area contributed by atoms with Crippen LogP contribution in [-0.4, -0.2) is 42.3 Å². The van der Waals surface area contributed by atoms with Gasteiger partial charge < -0.3 is 9.84 Å². The summed E-state index contributed by atoms with van der Waals surface area (Å²) in [7, 11) is 1.40. The number of ether oxygens (including phenoxy) is 1. The highest BCUT2D eigenvalue weighted by molar-refractivity contribution is 5.90. The fourth-order valence-electron chi connectivity index (χ4n) is 2.66. The number of benzene rings is 1. The summed E-state index contributed by atoms with van der Waals surface area (Å²) < 4.78 is 4.81. The van der Waals surface area contributed by atoms with Gasteiger partial charge in [-0.15, -0.1) is 0 Å². The topological polar surface area (TPSA) is 49.8 Å². The molecular weight excluding hydrogens is 242 g/mol. The van der Waals surface area contributed by atoms with E-state index in [0.717, 1.165) is 24.9 Å². The third-order valence-electron chi connectivity index (χ3n) is 3.76. The predicted molar refractivity (Wildman–Crippen MR) is 72.9 cm³/mol. The van der Waals surface area contributed by atoms with E-state index in [9.17, 15) is 9.90 Å². The lowest BCUT2D eigenvalue weighted by Gasteiger charge is -2.34. The van der Waals surface area contributed by atoms with Crippen molar-refractivity contribution in [3.05, 3.63) is 35.4 Å². The van der Waals surface area contributed by atoms with Crippen molar-refractivity contribution in [2.75, 3.05) is 20.3 Å². The Bertz CT molecular complexity index is 433. The Morgan fingerprint density at radius 1 is 1.42 bits per heavy atom. The van der Waals surface area contributed by atoms with Gasteiger partial charge in [0.2, 0.25) is 0 Å². The zero-order chi connectivity index (χ0) is 13.7. The molecule has 1 unspecified atom stereocenters. The van der Waals surface area contributed by atoms with Gasteiger partial charge in [0, 0.05) is 12.6 Å². The molecule has 1 saturated heterocycles. The molecule has 2 rings (SSSR count). The second-order valence-corrected chi connectivity index (χ2v) is 4.95. The van der Waals surface area contributed by atoms with Crippen LogP contribution in [-0.2, 0) is 11.3 Å². The minimum absolute atomic E-state index is 0.181. The third kappa shape index (κ3) is 3.33. The van der Waals surface area contributed by atoms with E-state index >= 15 is 0 Å². The molecule has 1 fully saturated rings. The van der Waals surface area contributed by atoms with Crippen molar-refractivity contribution in [1.29, 1.82) is 0 Å². The molecule has 1 atom stereocenters. The summed E-state index contributed by atoms with van der Waals surface area (Å²) in [5.74, 6) is -0.298. The zero-order valence-corrected chi connectivity index (χ0v) is 11.3. The van der Waals surface area contributed by atoms with Crippen LogP contribution in [0.4, 0.5) is 0 Å². The molecular formula is C15H21NO3. The number of piperidine rings is 1. The Morgan fingerprint density at radius 2 is 2.21 bits per heavy atom. The van der Waals surface area contributed by atoms with Crippen LogP contribution in [0, 0.1) is 0 Å². The second-order valence-electron chi connectivity index (χ2n) is 4.95. The standard InChI is InChI=1S/C15H21NO3/c1-19-15(18)14-8-3-2-6-12(14)10-16-9-5-4-7-13(16)11-17/h2-3,6,8,13,17H,4-5,7,9-11H2,1H3. The smallest absolute Gasteiger partial charge is 0.338 e. The highest BCUT2D eigenvalue weighted by Gasteiger charge is 2.23. The van der Waals surface area contributed by atoms with E-state index in [-0.39, 0.29) is 18.6 Å². The van der Waals surface area contributed by atoms with Gasteiger partial charge in [0.05, 0.1) is 19.3 Å². The van der Waals surface area contributed by atoms with Crippen molar-refractivity contribution >= 4 is 5.97 Å². The van der Waals surface area contributed by atoms with Crippen molar-refractivity contribution in [1.82, 2.24) is 4.90 Å². The molecule has 0 aliphatic carbocycles. The first-order valence-electron chi connectivity index (χ1n) is 6.77. The molecule has 0 bridgehead atoms. The molecule has 0 amide bonds. The summed E-state index contributed by atoms with van der Waals surface area (Å²) >= 11 is 0. The van der Waals surface area contributed by atoms with Gasteiger partial charge in [-0.25, -0.2) is 4.79 Å². The SMILES string of the molecule is COC(=O)c1ccccc1CN1CCCCC1CO. The Labute approximate surface area is 114 Å². The fraction of sp³-hybridized carbons (Fsp3) is 0.533. The summed E-state index contributed by atoms with van der Waals surface area (Å²) in [5, 5.41) is 9.43. The maximum absolute atomic E-state index is 11.7. The third-order valence-corrected chi connectivity index (χ3v) is 3.76. The number of nitrogens with zero attached hydrogens (tertiary/aromatic N) is 1. The van der Waals surface area contributed by atoms with E-state index < -0.39 is 0 Å². The number of methoxy groups -OCH3 is 1. The van der Waals surface area contributed by atoms with Crippen LogP contribution >= 0.6 is 0 Å². The molecule has 1 aliphatic rings. The maximum Gasteiger partial charge on any atom is 0.338 e. The molecule has 0 aromatic heterocycles. The number of carbonyl (C=O) groups is 1. The molecule has 1 aromatic carbocycles. The molecule has 0 saturated carbocycles. The lowest BCUT2D eigenvalue weighted by molar-refractivity contribution is 0.0592. The lowest BCUT2D eigenvalue weighted by atomic mass is 10.0. The first-order valence-corrected chi connectivity index (χ1v) is 6.77. The van der Waals surface area contributed by atoms with Crippen LogP contribution in [0.1, 0.15) is 35.2 Å². The summed E-state index contributed by atoms with van der Waals surface area (Å²) in [6.45, 7) is 1.84. The largest absolute Gasteiger partial charge is 0.465 e. The van der Waals surface area contributed by atoms with Gasteiger partial charge in [-0.2, -0.15) is 0 Å². The van der Waals surface area contributed by atoms with Crippen molar-refractivity contribution in [2.45, 2.75) is 31.8 Å². The van der Waals surface area contributed by atoms with E-state index in [0.29, 0.717) is 12.1 Å². The van der Waals surface area contributed by atoms with Gasteiger partial charge in [0.15, 0.2) is 0 Å². The normalized spacial score (nSPS) is 20.2. The van der Waals surface area contributed by atoms with Gasteiger partial charge in [0.25, 0.3) is 0 Å². The predicted octanol–water partition coefficient (Wildman–Crippen LogP) is 1.82. The summed E-state index contributed by atoms with van der Waals surface area (Å²) in [6.07, 6.45) is 3.34. The highest BCUT2D eigenvalue weighted by Crippen LogP contribution is 2.21. The number of hydrogen-bond acceptors (Lipinski definition) is 4. The number of carbonyl (C=O) groups excluding carboxylic acids is 1. The maximum atomic E-state index is 11.7. The molecule has 1 aliphatic heterocycles. The van der Waals surface area contributed by atoms with Crippen LogP contribution in [0.15, 0.2) is 24.3 Å². The van der Waals surface area contributed by atoms with Crippen LogP contribution in [0.2, 0.25) is 0 Å². The second kappa shape index (κ2) is 6.68. The van der Waals surface area contributed by atoms with E-state index in [4.69, 9.17) is 4.74 Å². The first-order chi connectivity index (χ1) is 9.26. The number of aliphatic hydroxyl groups is 1. The van der Waals surface area contributed by atoms with Crippen molar-refractivity contribution in [2.24, 2.45) is 0 Å². The highest BCUT2D eigenvalue weighted by atomic mass is 16.5. The average molecular weight is 263 g/mol. The lowest BCUT2D eigenvalue weighted by Crippen LogP contribution is -2.41. The van der Waals surface area contributed by atoms with Gasteiger partial charge in [-0.3, -0.25) is 4.90 Å². The molecule has 4 nitrogen and oxygen atoms in total. The molecule has 0 radical (unpaired) electrons. The Morgan fingerprint density at radius 3 is 2.95 bits per heavy atom. The molecule has 1 N–H and O–H groups in total. The van der Waals surface area contributed by atoms with Gasteiger partial charge in [-0.1, -0.05) is 24.6 Å². The van der Waals surface area contributed by atoms with Crippen molar-refractivity contribution in [3.63, 3.8) is 0 Å². The van der Waals surface area contributed by atoms with Gasteiger partial charge in [-0.05, 0) is 31.0 Å². The minimum atomic E-state index is -0.298. The molecule has 4 heteroatoms. The molecule has 1 heterocycles. The first kappa shape index (κ1) is 14.0. The molecule has 19 heavy (non-hydrogen) atoms. The van der Waals surface area contributed by atoms with E-state index in [2.05, 4.69) is 4.90 Å². The summed E-state index contributed by atoms with van der Waals surface area (Å²) in [5.41, 5.74) is 1.59. The fourth-order valence-corrected chi connectivity index (χ4v) is 2.66. The number of rotatable bonds is 4. The Kier molecular flexibility index (Phi) is 4.93. The van der Waals surface area contributed by atoms with Crippen LogP contribution < -0.4 is 0 Å². The zero-order valence-electron chi connectivity index (χ0n) is 11.3. The summed E-state index contributed by atoms with van der Waals surface area (Å²) in [6, 6.07) is 7.73. The average Bonchev–Trinajstić information content (AvgIpc) is 2.47. The quantitative estimate of drug-likeness (QED) is 0.842. The summed E-state index contributed by atoms with van der Waals surface area (Å²) in [4.78, 5) is 14.0. The number of esters is 1. The van der Waals surface area contributed by atoms with E-state index in [1.807, 2.05) is 18.2 Å². The van der Waals surface area contributed by atoms with Gasteiger partial charge in [0.1, 0.15) is 0 Å². The van der Waals surface area contributed by atoms with Crippen LogP contribution in [0.3, 0.4) is 0 Å². The van der Waals surface area contributed by atoms with E-state index in [1.165, 1.54) is 13.5 Å². The number of hydrogen-bond donors (Lipinski definition) is 1. The van der Waals surface area contributed by atoms with Gasteiger partial charge >= 0.3 is 5.97 Å². The minimum Gasteiger partial charge on any atom is -0.465 e. The van der Waals surface area contributed by atoms with E-state index in [1.54, 1.807) is 6.07 Å². The monoisotopic (exact) mass is 263 g/mol. The Balaban J connectivity index is 2.15. The molecule has 1 aromatic rings.